The molecule has 0 N–H and O–H groups in total. The van der Waals surface area contributed by atoms with Crippen LogP contribution in [-0.4, -0.2) is 28.9 Å². The third-order valence-corrected chi connectivity index (χ3v) is 4.61. The first-order valence-corrected chi connectivity index (χ1v) is 8.02. The molecule has 4 rings (SSSR count). The Labute approximate surface area is 147 Å². The van der Waals surface area contributed by atoms with E-state index in [9.17, 15) is 18.4 Å². The second kappa shape index (κ2) is 5.98. The summed E-state index contributed by atoms with van der Waals surface area (Å²) in [7, 11) is 0. The number of anilines is 1. The van der Waals surface area contributed by atoms with Crippen LogP contribution in [0, 0.1) is 18.6 Å². The Morgan fingerprint density at radius 3 is 2.54 bits per heavy atom. The van der Waals surface area contributed by atoms with Gasteiger partial charge in [0.1, 0.15) is 0 Å². The number of benzene rings is 2. The average molecular weight is 356 g/mol. The predicted molar refractivity (Wildman–Crippen MR) is 88.0 cm³/mol. The Hall–Kier alpha value is -3.16. The molecule has 2 aliphatic rings. The Kier molecular flexibility index (Phi) is 3.75. The number of aryl methyl sites for hydroxylation is 1. The average Bonchev–Trinajstić information content (AvgIpc) is 3.13. The molecule has 0 bridgehead atoms. The standard InChI is InChI=1S/C18H14F2N4O2/c1-10-4-2-3-5-11(10)9-23-16-15(21-22-23)17(25)24(18(16)26)12-6-7-13(19)14(20)8-12/h2-8,15-16H,9H2,1H3/t15-,16+/m0/s1. The van der Waals surface area contributed by atoms with Crippen LogP contribution in [0.4, 0.5) is 14.5 Å². The highest BCUT2D eigenvalue weighted by molar-refractivity contribution is 6.25. The first-order chi connectivity index (χ1) is 12.5. The number of fused-ring (bicyclic) bond motifs is 1. The lowest BCUT2D eigenvalue weighted by Gasteiger charge is -2.21. The molecule has 132 valence electrons. The molecule has 1 saturated heterocycles. The Bertz CT molecular complexity index is 947. The molecular formula is C18H14F2N4O2. The van der Waals surface area contributed by atoms with E-state index in [1.807, 2.05) is 31.2 Å². The molecular weight excluding hydrogens is 342 g/mol. The second-order valence-corrected chi connectivity index (χ2v) is 6.23. The van der Waals surface area contributed by atoms with Crippen molar-refractivity contribution in [2.75, 3.05) is 4.90 Å². The van der Waals surface area contributed by atoms with Crippen molar-refractivity contribution in [3.05, 3.63) is 65.2 Å². The molecule has 0 radical (unpaired) electrons. The molecule has 0 unspecified atom stereocenters. The highest BCUT2D eigenvalue weighted by atomic mass is 19.2. The first-order valence-electron chi connectivity index (χ1n) is 8.02. The molecule has 2 aromatic carbocycles. The number of amides is 2. The van der Waals surface area contributed by atoms with E-state index in [0.29, 0.717) is 6.54 Å². The fourth-order valence-electron chi connectivity index (χ4n) is 3.19. The van der Waals surface area contributed by atoms with Crippen LogP contribution in [0.5, 0.6) is 0 Å². The minimum Gasteiger partial charge on any atom is -0.271 e. The predicted octanol–water partition coefficient (Wildman–Crippen LogP) is 2.77. The summed E-state index contributed by atoms with van der Waals surface area (Å²) in [5, 5.41) is 9.36. The molecule has 8 heteroatoms. The van der Waals surface area contributed by atoms with Crippen LogP contribution in [0.3, 0.4) is 0 Å². The van der Waals surface area contributed by atoms with Crippen molar-refractivity contribution in [2.24, 2.45) is 10.3 Å². The van der Waals surface area contributed by atoms with Gasteiger partial charge in [-0.3, -0.25) is 14.6 Å². The summed E-state index contributed by atoms with van der Waals surface area (Å²) >= 11 is 0. The normalized spacial score (nSPS) is 21.7. The van der Waals surface area contributed by atoms with Gasteiger partial charge in [-0.1, -0.05) is 29.5 Å². The van der Waals surface area contributed by atoms with Crippen LogP contribution in [0.1, 0.15) is 11.1 Å². The van der Waals surface area contributed by atoms with Gasteiger partial charge in [-0.2, -0.15) is 5.11 Å². The van der Waals surface area contributed by atoms with E-state index in [4.69, 9.17) is 0 Å². The fourth-order valence-corrected chi connectivity index (χ4v) is 3.19. The van der Waals surface area contributed by atoms with E-state index in [1.165, 1.54) is 11.1 Å². The van der Waals surface area contributed by atoms with E-state index >= 15 is 0 Å². The third kappa shape index (κ3) is 2.45. The topological polar surface area (TPSA) is 65.3 Å². The van der Waals surface area contributed by atoms with E-state index < -0.39 is 35.5 Å². The van der Waals surface area contributed by atoms with Crippen LogP contribution in [-0.2, 0) is 16.1 Å². The van der Waals surface area contributed by atoms with Crippen LogP contribution in [0.15, 0.2) is 52.8 Å². The minimum absolute atomic E-state index is 0.0145. The number of rotatable bonds is 3. The summed E-state index contributed by atoms with van der Waals surface area (Å²) in [6, 6.07) is 8.68. The van der Waals surface area contributed by atoms with Gasteiger partial charge in [0.2, 0.25) is 0 Å². The summed E-state index contributed by atoms with van der Waals surface area (Å²) in [5.41, 5.74) is 1.97. The van der Waals surface area contributed by atoms with Gasteiger partial charge in [-0.25, -0.2) is 13.7 Å². The number of hydrogen-bond acceptors (Lipinski definition) is 5. The zero-order valence-corrected chi connectivity index (χ0v) is 13.8. The van der Waals surface area contributed by atoms with Crippen molar-refractivity contribution in [3.63, 3.8) is 0 Å². The minimum atomic E-state index is -1.13. The number of nitrogens with zero attached hydrogens (tertiary/aromatic N) is 4. The molecule has 2 amide bonds. The number of carbonyl (C=O) groups excluding carboxylic acids is 2. The molecule has 0 saturated carbocycles. The zero-order chi connectivity index (χ0) is 18.4. The van der Waals surface area contributed by atoms with Crippen molar-refractivity contribution in [3.8, 4) is 0 Å². The van der Waals surface area contributed by atoms with Crippen molar-refractivity contribution in [1.82, 2.24) is 5.01 Å². The van der Waals surface area contributed by atoms with E-state index in [1.54, 1.807) is 0 Å². The molecule has 0 aromatic heterocycles. The van der Waals surface area contributed by atoms with Gasteiger partial charge >= 0.3 is 0 Å². The number of imide groups is 1. The first kappa shape index (κ1) is 16.3. The maximum atomic E-state index is 13.5. The van der Waals surface area contributed by atoms with Gasteiger partial charge in [-0.15, -0.1) is 0 Å². The summed E-state index contributed by atoms with van der Waals surface area (Å²) in [5.74, 6) is -3.32. The summed E-state index contributed by atoms with van der Waals surface area (Å²) in [4.78, 5) is 26.2. The van der Waals surface area contributed by atoms with Gasteiger partial charge in [0.25, 0.3) is 11.8 Å². The molecule has 2 atom stereocenters. The van der Waals surface area contributed by atoms with Crippen LogP contribution < -0.4 is 4.90 Å². The van der Waals surface area contributed by atoms with Crippen molar-refractivity contribution in [1.29, 1.82) is 0 Å². The highest BCUT2D eigenvalue weighted by Crippen LogP contribution is 2.33. The van der Waals surface area contributed by atoms with Crippen molar-refractivity contribution < 1.29 is 18.4 Å². The molecule has 2 aliphatic heterocycles. The molecule has 0 aliphatic carbocycles. The molecule has 26 heavy (non-hydrogen) atoms. The Morgan fingerprint density at radius 1 is 1.04 bits per heavy atom. The number of carbonyl (C=O) groups is 2. The number of hydrogen-bond donors (Lipinski definition) is 0. The summed E-state index contributed by atoms with van der Waals surface area (Å²) in [6.07, 6.45) is 0. The van der Waals surface area contributed by atoms with Crippen molar-refractivity contribution in [2.45, 2.75) is 25.6 Å². The molecule has 1 fully saturated rings. The van der Waals surface area contributed by atoms with Gasteiger partial charge in [0.05, 0.1) is 12.2 Å². The molecule has 2 heterocycles. The van der Waals surface area contributed by atoms with Crippen LogP contribution in [0.25, 0.3) is 0 Å². The smallest absolute Gasteiger partial charge is 0.263 e. The summed E-state index contributed by atoms with van der Waals surface area (Å²) in [6.45, 7) is 2.26. The monoisotopic (exact) mass is 356 g/mol. The highest BCUT2D eigenvalue weighted by Gasteiger charge is 2.54. The zero-order valence-electron chi connectivity index (χ0n) is 13.8. The quantitative estimate of drug-likeness (QED) is 0.795. The number of halogens is 2. The lowest BCUT2D eigenvalue weighted by Crippen LogP contribution is -2.39. The van der Waals surface area contributed by atoms with Gasteiger partial charge in [-0.05, 0) is 30.2 Å². The van der Waals surface area contributed by atoms with Gasteiger partial charge in [0, 0.05) is 6.07 Å². The molecule has 6 nitrogen and oxygen atoms in total. The second-order valence-electron chi connectivity index (χ2n) is 6.23. The van der Waals surface area contributed by atoms with Crippen LogP contribution in [0.2, 0.25) is 0 Å². The lowest BCUT2D eigenvalue weighted by atomic mass is 10.1. The third-order valence-electron chi connectivity index (χ3n) is 4.61. The largest absolute Gasteiger partial charge is 0.271 e. The van der Waals surface area contributed by atoms with Crippen molar-refractivity contribution >= 4 is 17.5 Å². The lowest BCUT2D eigenvalue weighted by molar-refractivity contribution is -0.123. The van der Waals surface area contributed by atoms with Crippen LogP contribution >= 0.6 is 0 Å². The fraction of sp³-hybridized carbons (Fsp3) is 0.222. The van der Waals surface area contributed by atoms with Gasteiger partial charge in [0.15, 0.2) is 23.7 Å². The molecule has 2 aromatic rings. The van der Waals surface area contributed by atoms with Gasteiger partial charge < -0.3 is 0 Å². The van der Waals surface area contributed by atoms with E-state index in [2.05, 4.69) is 10.3 Å². The Morgan fingerprint density at radius 2 is 1.81 bits per heavy atom. The maximum Gasteiger partial charge on any atom is 0.263 e. The summed E-state index contributed by atoms with van der Waals surface area (Å²) < 4.78 is 26.7. The molecule has 0 spiro atoms. The maximum absolute atomic E-state index is 13.5. The van der Waals surface area contributed by atoms with E-state index in [-0.39, 0.29) is 5.69 Å². The van der Waals surface area contributed by atoms with E-state index in [0.717, 1.165) is 28.2 Å². The SMILES string of the molecule is Cc1ccccc1CN1N=N[C@@H]2C(=O)N(c3ccc(F)c(F)c3)C(=O)[C@@H]21. The Balaban J connectivity index is 1.63.